The highest BCUT2D eigenvalue weighted by atomic mass is 35.5. The normalized spacial score (nSPS) is 13.8. The van der Waals surface area contributed by atoms with Gasteiger partial charge in [0.1, 0.15) is 5.69 Å². The summed E-state index contributed by atoms with van der Waals surface area (Å²) in [6.07, 6.45) is -0.963. The first kappa shape index (κ1) is 21.8. The van der Waals surface area contributed by atoms with E-state index in [4.69, 9.17) is 16.3 Å². The minimum absolute atomic E-state index is 0.0771. The number of aryl methyl sites for hydroxylation is 1. The molecule has 3 heterocycles. The quantitative estimate of drug-likeness (QED) is 0.473. The van der Waals surface area contributed by atoms with Crippen molar-refractivity contribution in [3.05, 3.63) is 76.6 Å². The number of aromatic hydroxyl groups is 1. The van der Waals surface area contributed by atoms with Gasteiger partial charge in [-0.15, -0.1) is 0 Å². The molecule has 1 atom stereocenters. The molecule has 0 spiro atoms. The van der Waals surface area contributed by atoms with E-state index in [2.05, 4.69) is 15.0 Å². The molecule has 1 unspecified atom stereocenters. The van der Waals surface area contributed by atoms with E-state index in [1.54, 1.807) is 7.05 Å². The lowest BCUT2D eigenvalue weighted by molar-refractivity contribution is -0.141. The second-order valence-electron chi connectivity index (χ2n) is 7.04. The summed E-state index contributed by atoms with van der Waals surface area (Å²) in [5, 5.41) is 22.3. The second-order valence-corrected chi connectivity index (χ2v) is 7.42. The molecular formula is C21H16ClF3N4O3. The monoisotopic (exact) mass is 464 g/mol. The van der Waals surface area contributed by atoms with E-state index in [1.165, 1.54) is 48.5 Å². The Bertz CT molecular complexity index is 1330. The third-order valence-corrected chi connectivity index (χ3v) is 5.51. The number of benzene rings is 1. The van der Waals surface area contributed by atoms with Crippen LogP contribution < -0.4 is 4.74 Å². The number of hydrogen-bond acceptors (Lipinski definition) is 6. The molecule has 4 rings (SSSR count). The number of fused-ring (bicyclic) bond motifs is 1. The van der Waals surface area contributed by atoms with Crippen LogP contribution in [0.5, 0.6) is 11.6 Å². The van der Waals surface area contributed by atoms with Crippen LogP contribution in [0.4, 0.5) is 13.2 Å². The van der Waals surface area contributed by atoms with E-state index in [9.17, 15) is 23.4 Å². The lowest BCUT2D eigenvalue weighted by Crippen LogP contribution is -2.31. The predicted molar refractivity (Wildman–Crippen MR) is 110 cm³/mol. The van der Waals surface area contributed by atoms with E-state index in [-0.39, 0.29) is 33.1 Å². The lowest BCUT2D eigenvalue weighted by atomic mass is 9.83. The van der Waals surface area contributed by atoms with Gasteiger partial charge in [0.15, 0.2) is 11.4 Å². The van der Waals surface area contributed by atoms with Crippen LogP contribution in [-0.2, 0) is 18.8 Å². The highest BCUT2D eigenvalue weighted by molar-refractivity contribution is 6.37. The summed E-state index contributed by atoms with van der Waals surface area (Å²) < 4.78 is 46.5. The van der Waals surface area contributed by atoms with Crippen molar-refractivity contribution >= 4 is 22.5 Å². The number of nitrogens with zero attached hydrogens (tertiary/aromatic N) is 4. The van der Waals surface area contributed by atoms with Crippen LogP contribution in [0.15, 0.2) is 49.1 Å². The van der Waals surface area contributed by atoms with Gasteiger partial charge < -0.3 is 19.5 Å². The average molecular weight is 465 g/mol. The van der Waals surface area contributed by atoms with Gasteiger partial charge in [0.2, 0.25) is 0 Å². The number of methoxy groups -OCH3 is 1. The topological polar surface area (TPSA) is 93.3 Å². The summed E-state index contributed by atoms with van der Waals surface area (Å²) in [5.74, 6) is -0.479. The smallest absolute Gasteiger partial charge is 0.433 e. The minimum Gasteiger partial charge on any atom is -0.502 e. The number of rotatable bonds is 4. The van der Waals surface area contributed by atoms with Crippen LogP contribution in [0.3, 0.4) is 0 Å². The van der Waals surface area contributed by atoms with Crippen molar-refractivity contribution in [2.45, 2.75) is 11.8 Å². The third kappa shape index (κ3) is 3.41. The Kier molecular flexibility index (Phi) is 5.22. The van der Waals surface area contributed by atoms with E-state index in [0.29, 0.717) is 5.52 Å². The Balaban J connectivity index is 2.02. The number of halogens is 4. The van der Waals surface area contributed by atoms with E-state index < -0.39 is 23.2 Å². The molecule has 1 aromatic carbocycles. The lowest BCUT2D eigenvalue weighted by Gasteiger charge is -2.30. The molecule has 166 valence electrons. The standard InChI is InChI=1S/C21H16ClF3N4O3/c1-29-10-26-9-16(29)20(31,12-5-6-27-15(8-12)21(23,24)25)11-3-4-14-13(7-11)17(22)18(30)19(28-14)32-2/h3-10,30-31H,1-2H3. The Morgan fingerprint density at radius 1 is 1.12 bits per heavy atom. The number of alkyl halides is 3. The Morgan fingerprint density at radius 2 is 1.84 bits per heavy atom. The molecule has 11 heteroatoms. The number of hydrogen-bond donors (Lipinski definition) is 2. The first-order valence-corrected chi connectivity index (χ1v) is 9.54. The van der Waals surface area contributed by atoms with E-state index in [0.717, 1.165) is 12.3 Å². The van der Waals surface area contributed by atoms with Crippen LogP contribution in [-0.4, -0.2) is 36.8 Å². The molecule has 2 N–H and O–H groups in total. The average Bonchev–Trinajstić information content (AvgIpc) is 3.21. The van der Waals surface area contributed by atoms with Gasteiger partial charge in [-0.2, -0.15) is 13.2 Å². The van der Waals surface area contributed by atoms with E-state index in [1.807, 2.05) is 0 Å². The van der Waals surface area contributed by atoms with Crippen molar-refractivity contribution in [2.75, 3.05) is 7.11 Å². The fourth-order valence-electron chi connectivity index (χ4n) is 3.54. The molecule has 32 heavy (non-hydrogen) atoms. The Labute approximate surface area is 184 Å². The SMILES string of the molecule is COc1nc2ccc(C(O)(c3ccnc(C(F)(F)F)c3)c3cncn3C)cc2c(Cl)c1O. The molecule has 3 aromatic heterocycles. The maximum absolute atomic E-state index is 13.3. The largest absolute Gasteiger partial charge is 0.502 e. The van der Waals surface area contributed by atoms with Gasteiger partial charge in [0.05, 0.1) is 35.9 Å². The van der Waals surface area contributed by atoms with Gasteiger partial charge in [0, 0.05) is 18.6 Å². The first-order valence-electron chi connectivity index (χ1n) is 9.17. The van der Waals surface area contributed by atoms with Crippen LogP contribution in [0.2, 0.25) is 5.02 Å². The van der Waals surface area contributed by atoms with Gasteiger partial charge in [-0.3, -0.25) is 4.98 Å². The zero-order valence-electron chi connectivity index (χ0n) is 16.7. The zero-order valence-corrected chi connectivity index (χ0v) is 17.5. The summed E-state index contributed by atoms with van der Waals surface area (Å²) in [5.41, 5.74) is -2.55. The molecule has 7 nitrogen and oxygen atoms in total. The molecular weight excluding hydrogens is 449 g/mol. The number of ether oxygens (including phenoxy) is 1. The third-order valence-electron chi connectivity index (χ3n) is 5.13. The van der Waals surface area contributed by atoms with Crippen LogP contribution in [0, 0.1) is 0 Å². The molecule has 0 aliphatic rings. The first-order chi connectivity index (χ1) is 15.1. The summed E-state index contributed by atoms with van der Waals surface area (Å²) >= 11 is 6.29. The Hall–Kier alpha value is -3.37. The fourth-order valence-corrected chi connectivity index (χ4v) is 3.77. The van der Waals surface area contributed by atoms with Gasteiger partial charge in [0.25, 0.3) is 5.88 Å². The number of imidazole rings is 1. The summed E-state index contributed by atoms with van der Waals surface area (Å²) in [6.45, 7) is 0. The van der Waals surface area contributed by atoms with Gasteiger partial charge in [-0.25, -0.2) is 9.97 Å². The van der Waals surface area contributed by atoms with Crippen LogP contribution >= 0.6 is 11.6 Å². The molecule has 0 aliphatic heterocycles. The second kappa shape index (κ2) is 7.64. The predicted octanol–water partition coefficient (Wildman–Crippen LogP) is 4.03. The van der Waals surface area contributed by atoms with Crippen molar-refractivity contribution in [1.82, 2.24) is 19.5 Å². The minimum atomic E-state index is -4.71. The number of aliphatic hydroxyl groups is 1. The molecule has 0 aliphatic carbocycles. The Morgan fingerprint density at radius 3 is 2.47 bits per heavy atom. The van der Waals surface area contributed by atoms with Gasteiger partial charge in [-0.05, 0) is 35.4 Å². The molecule has 0 bridgehead atoms. The maximum atomic E-state index is 13.3. The summed E-state index contributed by atoms with van der Waals surface area (Å²) in [4.78, 5) is 11.5. The van der Waals surface area contributed by atoms with Crippen molar-refractivity contribution < 1.29 is 28.1 Å². The number of aromatic nitrogens is 4. The molecule has 0 fully saturated rings. The molecule has 0 saturated heterocycles. The van der Waals surface area contributed by atoms with Gasteiger partial charge in [-0.1, -0.05) is 17.7 Å². The van der Waals surface area contributed by atoms with Gasteiger partial charge >= 0.3 is 6.18 Å². The van der Waals surface area contributed by atoms with Crippen molar-refractivity contribution in [2.24, 2.45) is 7.05 Å². The van der Waals surface area contributed by atoms with Crippen LogP contribution in [0.25, 0.3) is 10.9 Å². The van der Waals surface area contributed by atoms with Crippen LogP contribution in [0.1, 0.15) is 22.5 Å². The highest BCUT2D eigenvalue weighted by Gasteiger charge is 2.40. The summed E-state index contributed by atoms with van der Waals surface area (Å²) in [6, 6.07) is 6.54. The number of pyridine rings is 2. The van der Waals surface area contributed by atoms with E-state index >= 15 is 0 Å². The van der Waals surface area contributed by atoms with Crippen molar-refractivity contribution in [1.29, 1.82) is 0 Å². The zero-order chi connectivity index (χ0) is 23.3. The summed E-state index contributed by atoms with van der Waals surface area (Å²) in [7, 11) is 2.92. The maximum Gasteiger partial charge on any atom is 0.433 e. The fraction of sp³-hybridized carbons (Fsp3) is 0.190. The highest BCUT2D eigenvalue weighted by Crippen LogP contribution is 2.42. The van der Waals surface area contributed by atoms with Crippen molar-refractivity contribution in [3.8, 4) is 11.6 Å². The molecule has 4 aromatic rings. The molecule has 0 radical (unpaired) electrons. The molecule has 0 saturated carbocycles. The molecule has 0 amide bonds. The van der Waals surface area contributed by atoms with Crippen molar-refractivity contribution in [3.63, 3.8) is 0 Å².